The van der Waals surface area contributed by atoms with Gasteiger partial charge in [-0.15, -0.1) is 0 Å². The SMILES string of the molecule is C=C(CCC(C)C)C(=O)O. The van der Waals surface area contributed by atoms with Gasteiger partial charge in [-0.1, -0.05) is 20.4 Å². The van der Waals surface area contributed by atoms with Crippen molar-refractivity contribution in [3.05, 3.63) is 12.2 Å². The van der Waals surface area contributed by atoms with Crippen molar-refractivity contribution in [3.63, 3.8) is 0 Å². The predicted molar refractivity (Wildman–Crippen MR) is 40.8 cm³/mol. The Morgan fingerprint density at radius 3 is 2.40 bits per heavy atom. The van der Waals surface area contributed by atoms with Crippen molar-refractivity contribution in [2.75, 3.05) is 0 Å². The van der Waals surface area contributed by atoms with E-state index in [1.54, 1.807) is 0 Å². The Labute approximate surface area is 61.6 Å². The van der Waals surface area contributed by atoms with Crippen molar-refractivity contribution in [3.8, 4) is 0 Å². The van der Waals surface area contributed by atoms with Crippen LogP contribution in [0.4, 0.5) is 0 Å². The summed E-state index contributed by atoms with van der Waals surface area (Å²) in [6.45, 7) is 7.56. The van der Waals surface area contributed by atoms with Gasteiger partial charge in [-0.2, -0.15) is 0 Å². The molecule has 0 aliphatic carbocycles. The first-order valence-corrected chi connectivity index (χ1v) is 3.45. The van der Waals surface area contributed by atoms with Gasteiger partial charge in [-0.05, 0) is 18.8 Å². The highest BCUT2D eigenvalue weighted by atomic mass is 16.4. The highest BCUT2D eigenvalue weighted by Gasteiger charge is 2.03. The van der Waals surface area contributed by atoms with E-state index in [1.165, 1.54) is 0 Å². The minimum atomic E-state index is -0.874. The molecule has 0 heterocycles. The summed E-state index contributed by atoms with van der Waals surface area (Å²) in [5, 5.41) is 8.40. The van der Waals surface area contributed by atoms with Crippen molar-refractivity contribution in [1.82, 2.24) is 0 Å². The van der Waals surface area contributed by atoms with E-state index in [9.17, 15) is 4.79 Å². The monoisotopic (exact) mass is 142 g/mol. The molecule has 10 heavy (non-hydrogen) atoms. The number of aliphatic carboxylic acids is 1. The molecule has 2 nitrogen and oxygen atoms in total. The quantitative estimate of drug-likeness (QED) is 0.610. The molecule has 0 spiro atoms. The average molecular weight is 142 g/mol. The van der Waals surface area contributed by atoms with Crippen LogP contribution in [0.1, 0.15) is 26.7 Å². The molecule has 0 aromatic heterocycles. The number of hydrogen-bond acceptors (Lipinski definition) is 1. The minimum absolute atomic E-state index is 0.314. The summed E-state index contributed by atoms with van der Waals surface area (Å²) in [4.78, 5) is 10.2. The molecular formula is C8H14O2. The molecule has 0 radical (unpaired) electrons. The molecule has 0 rings (SSSR count). The Morgan fingerprint density at radius 2 is 2.10 bits per heavy atom. The molecule has 0 aromatic rings. The lowest BCUT2D eigenvalue weighted by molar-refractivity contribution is -0.132. The summed E-state index contributed by atoms with van der Waals surface area (Å²) in [7, 11) is 0. The lowest BCUT2D eigenvalue weighted by atomic mass is 10.0. The molecule has 0 saturated carbocycles. The summed E-state index contributed by atoms with van der Waals surface area (Å²) < 4.78 is 0. The largest absolute Gasteiger partial charge is 0.478 e. The Morgan fingerprint density at radius 1 is 1.60 bits per heavy atom. The normalized spacial score (nSPS) is 9.90. The number of hydrogen-bond donors (Lipinski definition) is 1. The number of carboxylic acids is 1. The molecule has 0 aliphatic heterocycles. The van der Waals surface area contributed by atoms with Gasteiger partial charge in [-0.3, -0.25) is 0 Å². The topological polar surface area (TPSA) is 37.3 Å². The van der Waals surface area contributed by atoms with E-state index >= 15 is 0 Å². The van der Waals surface area contributed by atoms with Gasteiger partial charge in [-0.25, -0.2) is 4.79 Å². The third kappa shape index (κ3) is 4.13. The van der Waals surface area contributed by atoms with Gasteiger partial charge in [0, 0.05) is 5.57 Å². The molecule has 0 bridgehead atoms. The fourth-order valence-electron chi connectivity index (χ4n) is 0.570. The Balaban J connectivity index is 3.50. The van der Waals surface area contributed by atoms with Crippen LogP contribution in [0.5, 0.6) is 0 Å². The van der Waals surface area contributed by atoms with E-state index in [1.807, 2.05) is 0 Å². The van der Waals surface area contributed by atoms with Crippen LogP contribution in [0.3, 0.4) is 0 Å². The first-order valence-electron chi connectivity index (χ1n) is 3.45. The smallest absolute Gasteiger partial charge is 0.330 e. The van der Waals surface area contributed by atoms with Gasteiger partial charge >= 0.3 is 5.97 Å². The van der Waals surface area contributed by atoms with Crippen LogP contribution in [-0.4, -0.2) is 11.1 Å². The molecule has 1 N–H and O–H groups in total. The van der Waals surface area contributed by atoms with Gasteiger partial charge in [0.2, 0.25) is 0 Å². The summed E-state index contributed by atoms with van der Waals surface area (Å²) in [6.07, 6.45) is 1.51. The summed E-state index contributed by atoms with van der Waals surface area (Å²) in [6, 6.07) is 0. The van der Waals surface area contributed by atoms with Crippen LogP contribution in [0.2, 0.25) is 0 Å². The zero-order chi connectivity index (χ0) is 8.15. The van der Waals surface area contributed by atoms with Gasteiger partial charge in [0.1, 0.15) is 0 Å². The van der Waals surface area contributed by atoms with Gasteiger partial charge in [0.05, 0.1) is 0 Å². The zero-order valence-corrected chi connectivity index (χ0v) is 6.55. The predicted octanol–water partition coefficient (Wildman–Crippen LogP) is 2.06. The average Bonchev–Trinajstić information content (AvgIpc) is 1.82. The second-order valence-electron chi connectivity index (χ2n) is 2.84. The zero-order valence-electron chi connectivity index (χ0n) is 6.55. The van der Waals surface area contributed by atoms with Crippen LogP contribution < -0.4 is 0 Å². The number of carbonyl (C=O) groups is 1. The van der Waals surface area contributed by atoms with E-state index in [0.29, 0.717) is 17.9 Å². The maximum Gasteiger partial charge on any atom is 0.330 e. The minimum Gasteiger partial charge on any atom is -0.478 e. The third-order valence-corrected chi connectivity index (χ3v) is 1.33. The Kier molecular flexibility index (Phi) is 3.77. The van der Waals surface area contributed by atoms with Gasteiger partial charge in [0.15, 0.2) is 0 Å². The van der Waals surface area contributed by atoms with Crippen molar-refractivity contribution in [1.29, 1.82) is 0 Å². The van der Waals surface area contributed by atoms with Crippen molar-refractivity contribution < 1.29 is 9.90 Å². The van der Waals surface area contributed by atoms with Crippen molar-refractivity contribution >= 4 is 5.97 Å². The molecular weight excluding hydrogens is 128 g/mol. The lowest BCUT2D eigenvalue weighted by Gasteiger charge is -2.02. The number of carboxylic acid groups (broad SMARTS) is 1. The fraction of sp³-hybridized carbons (Fsp3) is 0.625. The first kappa shape index (κ1) is 9.21. The van der Waals surface area contributed by atoms with E-state index in [-0.39, 0.29) is 0 Å². The van der Waals surface area contributed by atoms with Crippen LogP contribution in [0.25, 0.3) is 0 Å². The maximum absolute atomic E-state index is 10.2. The van der Waals surface area contributed by atoms with Crippen LogP contribution >= 0.6 is 0 Å². The lowest BCUT2D eigenvalue weighted by Crippen LogP contribution is -2.00. The van der Waals surface area contributed by atoms with Crippen LogP contribution in [-0.2, 0) is 4.79 Å². The molecule has 0 amide bonds. The molecule has 0 saturated heterocycles. The molecule has 0 aromatic carbocycles. The Hall–Kier alpha value is -0.790. The molecule has 2 heteroatoms. The van der Waals surface area contributed by atoms with E-state index in [4.69, 9.17) is 5.11 Å². The van der Waals surface area contributed by atoms with Crippen LogP contribution in [0, 0.1) is 5.92 Å². The maximum atomic E-state index is 10.2. The molecule has 58 valence electrons. The van der Waals surface area contributed by atoms with Crippen molar-refractivity contribution in [2.45, 2.75) is 26.7 Å². The second-order valence-corrected chi connectivity index (χ2v) is 2.84. The standard InChI is InChI=1S/C8H14O2/c1-6(2)4-5-7(3)8(9)10/h6H,3-5H2,1-2H3,(H,9,10). The fourth-order valence-corrected chi connectivity index (χ4v) is 0.570. The number of rotatable bonds is 4. The Bertz CT molecular complexity index is 136. The molecule has 0 aliphatic rings. The summed E-state index contributed by atoms with van der Waals surface area (Å²) in [5.74, 6) is -0.322. The summed E-state index contributed by atoms with van der Waals surface area (Å²) >= 11 is 0. The third-order valence-electron chi connectivity index (χ3n) is 1.33. The van der Waals surface area contributed by atoms with Crippen LogP contribution in [0.15, 0.2) is 12.2 Å². The van der Waals surface area contributed by atoms with Gasteiger partial charge < -0.3 is 5.11 Å². The highest BCUT2D eigenvalue weighted by Crippen LogP contribution is 2.09. The summed E-state index contributed by atoms with van der Waals surface area (Å²) in [5.41, 5.74) is 0.314. The first-order chi connectivity index (χ1) is 4.54. The van der Waals surface area contributed by atoms with Crippen molar-refractivity contribution in [2.24, 2.45) is 5.92 Å². The van der Waals surface area contributed by atoms with Gasteiger partial charge in [0.25, 0.3) is 0 Å². The molecule has 0 atom stereocenters. The molecule has 0 unspecified atom stereocenters. The van der Waals surface area contributed by atoms with E-state index in [0.717, 1.165) is 6.42 Å². The second kappa shape index (κ2) is 4.09. The molecule has 0 fully saturated rings. The van der Waals surface area contributed by atoms with E-state index < -0.39 is 5.97 Å². The highest BCUT2D eigenvalue weighted by molar-refractivity contribution is 5.85. The van der Waals surface area contributed by atoms with E-state index in [2.05, 4.69) is 20.4 Å².